The topological polar surface area (TPSA) is 84.0 Å². The lowest BCUT2D eigenvalue weighted by Gasteiger charge is -2.21. The van der Waals surface area contributed by atoms with Gasteiger partial charge in [0.05, 0.1) is 19.8 Å². The standard InChI is InChI=1S/C15H32N4O3.HI/c1-15(2,3)19-13(20)12-18-14(16-4)17-8-6-7-9-22-11-10-21-5;/h6-12H2,1-5H3,(H,19,20)(H2,16,17,18);1H. The maximum absolute atomic E-state index is 11.7. The first-order valence-electron chi connectivity index (χ1n) is 7.71. The number of aliphatic imine (C=N–C) groups is 1. The number of unbranched alkanes of at least 4 members (excludes halogenated alkanes) is 1. The fraction of sp³-hybridized carbons (Fsp3) is 0.867. The lowest BCUT2D eigenvalue weighted by molar-refractivity contribution is -0.121. The number of hydrogen-bond acceptors (Lipinski definition) is 4. The van der Waals surface area contributed by atoms with Crippen molar-refractivity contribution in [1.82, 2.24) is 16.0 Å². The van der Waals surface area contributed by atoms with Crippen LogP contribution in [0.15, 0.2) is 4.99 Å². The van der Waals surface area contributed by atoms with Crippen molar-refractivity contribution in [1.29, 1.82) is 0 Å². The van der Waals surface area contributed by atoms with Gasteiger partial charge in [-0.15, -0.1) is 24.0 Å². The van der Waals surface area contributed by atoms with Gasteiger partial charge in [-0.2, -0.15) is 0 Å². The fourth-order valence-corrected chi connectivity index (χ4v) is 1.63. The van der Waals surface area contributed by atoms with E-state index in [1.54, 1.807) is 14.2 Å². The van der Waals surface area contributed by atoms with E-state index in [1.165, 1.54) is 0 Å². The predicted octanol–water partition coefficient (Wildman–Crippen LogP) is 1.13. The minimum atomic E-state index is -0.224. The molecule has 0 bridgehead atoms. The smallest absolute Gasteiger partial charge is 0.239 e. The van der Waals surface area contributed by atoms with Gasteiger partial charge in [0.15, 0.2) is 5.96 Å². The van der Waals surface area contributed by atoms with Crippen LogP contribution in [0.4, 0.5) is 0 Å². The number of ether oxygens (including phenoxy) is 2. The average Bonchev–Trinajstić information content (AvgIpc) is 2.43. The summed E-state index contributed by atoms with van der Waals surface area (Å²) in [5.74, 6) is 0.575. The molecule has 0 aliphatic carbocycles. The highest BCUT2D eigenvalue weighted by molar-refractivity contribution is 14.0. The molecule has 0 radical (unpaired) electrons. The zero-order valence-electron chi connectivity index (χ0n) is 15.0. The van der Waals surface area contributed by atoms with Gasteiger partial charge >= 0.3 is 0 Å². The first-order chi connectivity index (χ1) is 10.4. The summed E-state index contributed by atoms with van der Waals surface area (Å²) in [4.78, 5) is 15.8. The number of rotatable bonds is 10. The molecular formula is C15H33IN4O3. The summed E-state index contributed by atoms with van der Waals surface area (Å²) in [7, 11) is 3.35. The number of methoxy groups -OCH3 is 1. The first kappa shape index (κ1) is 24.6. The number of hydrogen-bond donors (Lipinski definition) is 3. The Bertz CT molecular complexity index is 333. The molecular weight excluding hydrogens is 411 g/mol. The van der Waals surface area contributed by atoms with Gasteiger partial charge in [0, 0.05) is 32.8 Å². The molecule has 0 aromatic heterocycles. The van der Waals surface area contributed by atoms with Gasteiger partial charge in [-0.05, 0) is 33.6 Å². The van der Waals surface area contributed by atoms with Crippen molar-refractivity contribution in [2.45, 2.75) is 39.2 Å². The number of carbonyl (C=O) groups excluding carboxylic acids is 1. The first-order valence-corrected chi connectivity index (χ1v) is 7.71. The van der Waals surface area contributed by atoms with Crippen molar-refractivity contribution in [2.24, 2.45) is 4.99 Å². The second kappa shape index (κ2) is 14.9. The number of nitrogens with zero attached hydrogens (tertiary/aromatic N) is 1. The molecule has 0 aliphatic rings. The SMILES string of the molecule is CN=C(NCCCCOCCOC)NCC(=O)NC(C)(C)C.I. The highest BCUT2D eigenvalue weighted by Crippen LogP contribution is 1.97. The van der Waals surface area contributed by atoms with Crippen LogP contribution in [-0.4, -0.2) is 64.5 Å². The molecule has 0 aromatic rings. The van der Waals surface area contributed by atoms with Crippen molar-refractivity contribution >= 4 is 35.8 Å². The van der Waals surface area contributed by atoms with E-state index >= 15 is 0 Å². The number of amides is 1. The summed E-state index contributed by atoms with van der Waals surface area (Å²) in [6.45, 7) is 8.84. The Balaban J connectivity index is 0. The molecule has 0 aliphatic heterocycles. The average molecular weight is 444 g/mol. The largest absolute Gasteiger partial charge is 0.382 e. The molecule has 138 valence electrons. The third kappa shape index (κ3) is 17.6. The zero-order valence-corrected chi connectivity index (χ0v) is 17.4. The lowest BCUT2D eigenvalue weighted by Crippen LogP contribution is -2.48. The van der Waals surface area contributed by atoms with Crippen LogP contribution in [0.2, 0.25) is 0 Å². The van der Waals surface area contributed by atoms with Gasteiger partial charge in [0.1, 0.15) is 0 Å². The van der Waals surface area contributed by atoms with Gasteiger partial charge in [-0.3, -0.25) is 9.79 Å². The van der Waals surface area contributed by atoms with E-state index in [4.69, 9.17) is 9.47 Å². The second-order valence-electron chi connectivity index (χ2n) is 5.96. The Labute approximate surface area is 157 Å². The summed E-state index contributed by atoms with van der Waals surface area (Å²) in [5, 5.41) is 9.05. The van der Waals surface area contributed by atoms with Crippen LogP contribution < -0.4 is 16.0 Å². The molecule has 7 nitrogen and oxygen atoms in total. The molecule has 0 aromatic carbocycles. The van der Waals surface area contributed by atoms with Crippen molar-refractivity contribution in [3.63, 3.8) is 0 Å². The lowest BCUT2D eigenvalue weighted by atomic mass is 10.1. The van der Waals surface area contributed by atoms with Crippen molar-refractivity contribution in [3.05, 3.63) is 0 Å². The molecule has 3 N–H and O–H groups in total. The minimum absolute atomic E-state index is 0. The molecule has 1 amide bonds. The summed E-state index contributed by atoms with van der Waals surface area (Å²) < 4.78 is 10.3. The number of halogens is 1. The quantitative estimate of drug-likeness (QED) is 0.204. The van der Waals surface area contributed by atoms with Gasteiger partial charge in [0.2, 0.25) is 5.91 Å². The van der Waals surface area contributed by atoms with Gasteiger partial charge < -0.3 is 25.4 Å². The molecule has 0 fully saturated rings. The van der Waals surface area contributed by atoms with Crippen LogP contribution in [0.1, 0.15) is 33.6 Å². The summed E-state index contributed by atoms with van der Waals surface area (Å²) in [5.41, 5.74) is -0.224. The highest BCUT2D eigenvalue weighted by Gasteiger charge is 2.13. The Morgan fingerprint density at radius 1 is 1.09 bits per heavy atom. The van der Waals surface area contributed by atoms with Gasteiger partial charge in [-0.1, -0.05) is 0 Å². The van der Waals surface area contributed by atoms with E-state index in [9.17, 15) is 4.79 Å². The molecule has 23 heavy (non-hydrogen) atoms. The Hall–Kier alpha value is -0.610. The van der Waals surface area contributed by atoms with Crippen LogP contribution in [-0.2, 0) is 14.3 Å². The maximum atomic E-state index is 11.7. The molecule has 0 rings (SSSR count). The molecule has 0 unspecified atom stereocenters. The summed E-state index contributed by atoms with van der Waals surface area (Å²) in [6.07, 6.45) is 1.94. The van der Waals surface area contributed by atoms with Crippen molar-refractivity contribution in [3.8, 4) is 0 Å². The fourth-order valence-electron chi connectivity index (χ4n) is 1.63. The van der Waals surface area contributed by atoms with Gasteiger partial charge in [-0.25, -0.2) is 0 Å². The molecule has 0 saturated heterocycles. The van der Waals surface area contributed by atoms with E-state index < -0.39 is 0 Å². The summed E-state index contributed by atoms with van der Waals surface area (Å²) in [6, 6.07) is 0. The Morgan fingerprint density at radius 3 is 2.35 bits per heavy atom. The van der Waals surface area contributed by atoms with Crippen molar-refractivity contribution in [2.75, 3.05) is 47.1 Å². The Morgan fingerprint density at radius 2 is 1.78 bits per heavy atom. The minimum Gasteiger partial charge on any atom is -0.382 e. The van der Waals surface area contributed by atoms with Crippen molar-refractivity contribution < 1.29 is 14.3 Å². The van der Waals surface area contributed by atoms with E-state index in [0.29, 0.717) is 19.2 Å². The number of guanidine groups is 1. The highest BCUT2D eigenvalue weighted by atomic mass is 127. The zero-order chi connectivity index (χ0) is 16.8. The molecule has 8 heteroatoms. The monoisotopic (exact) mass is 444 g/mol. The summed E-state index contributed by atoms with van der Waals surface area (Å²) >= 11 is 0. The van der Waals surface area contributed by atoms with E-state index in [2.05, 4.69) is 20.9 Å². The Kier molecular flexibility index (Phi) is 16.0. The molecule has 0 spiro atoms. The van der Waals surface area contributed by atoms with E-state index in [-0.39, 0.29) is 42.0 Å². The van der Waals surface area contributed by atoms with E-state index in [0.717, 1.165) is 26.0 Å². The third-order valence-electron chi connectivity index (χ3n) is 2.59. The van der Waals surface area contributed by atoms with Crippen LogP contribution in [0.25, 0.3) is 0 Å². The van der Waals surface area contributed by atoms with Gasteiger partial charge in [0.25, 0.3) is 0 Å². The van der Waals surface area contributed by atoms with Crippen LogP contribution in [0, 0.1) is 0 Å². The van der Waals surface area contributed by atoms with Crippen LogP contribution in [0.5, 0.6) is 0 Å². The molecule has 0 atom stereocenters. The third-order valence-corrected chi connectivity index (χ3v) is 2.59. The van der Waals surface area contributed by atoms with Crippen LogP contribution in [0.3, 0.4) is 0 Å². The second-order valence-corrected chi connectivity index (χ2v) is 5.96. The van der Waals surface area contributed by atoms with Crippen LogP contribution >= 0.6 is 24.0 Å². The molecule has 0 heterocycles. The number of nitrogens with one attached hydrogen (secondary N) is 3. The van der Waals surface area contributed by atoms with E-state index in [1.807, 2.05) is 20.8 Å². The number of carbonyl (C=O) groups is 1. The maximum Gasteiger partial charge on any atom is 0.239 e. The molecule has 0 saturated carbocycles. The normalized spacial score (nSPS) is 11.6. The predicted molar refractivity (Wildman–Crippen MR) is 105 cm³/mol.